The van der Waals surface area contributed by atoms with Gasteiger partial charge in [0.2, 0.25) is 11.8 Å². The maximum absolute atomic E-state index is 12.5. The number of aliphatic hydroxyl groups excluding tert-OH is 2. The molecule has 0 spiro atoms. The molecule has 0 saturated carbocycles. The number of hydrogen-bond donors (Lipinski definition) is 4. The van der Waals surface area contributed by atoms with Gasteiger partial charge in [0, 0.05) is 24.2 Å². The van der Waals surface area contributed by atoms with Crippen LogP contribution in [-0.2, 0) is 24.2 Å². The molecule has 0 radical (unpaired) electrons. The van der Waals surface area contributed by atoms with Gasteiger partial charge in [-0.05, 0) is 112 Å². The van der Waals surface area contributed by atoms with Crippen LogP contribution in [0.4, 0.5) is 0 Å². The van der Waals surface area contributed by atoms with Crippen LogP contribution in [-0.4, -0.2) is 50.9 Å². The number of aryl methyl sites for hydroxylation is 2. The first-order valence-electron chi connectivity index (χ1n) is 13.6. The van der Waals surface area contributed by atoms with Gasteiger partial charge in [-0.25, -0.2) is 4.79 Å². The highest BCUT2D eigenvalue weighted by atomic mass is 32.1. The number of aromatic hydroxyl groups is 2. The van der Waals surface area contributed by atoms with Crippen molar-refractivity contribution in [1.82, 2.24) is 18.3 Å². The number of aromatic nitrogens is 4. The summed E-state index contributed by atoms with van der Waals surface area (Å²) in [4.78, 5) is 12.5. The summed E-state index contributed by atoms with van der Waals surface area (Å²) in [6, 6.07) is 0. The molecule has 0 saturated heterocycles. The SMILES string of the molecule is CCn1cc(O)n(C(C)(C)CCCC(O)CCCC(O)CCCC(C)(C)n2c(O)cn(CC)c2=S)c1=O. The number of rotatable bonds is 16. The largest absolute Gasteiger partial charge is 0.493 e. The zero-order chi connectivity index (χ0) is 28.0. The molecular weight excluding hydrogens is 492 g/mol. The summed E-state index contributed by atoms with van der Waals surface area (Å²) in [6.45, 7) is 13.0. The van der Waals surface area contributed by atoms with Crippen molar-refractivity contribution in [3.8, 4) is 11.8 Å². The Bertz CT molecular complexity index is 1020. The van der Waals surface area contributed by atoms with Crippen molar-refractivity contribution in [2.45, 2.75) is 136 Å². The van der Waals surface area contributed by atoms with E-state index >= 15 is 0 Å². The highest BCUT2D eigenvalue weighted by molar-refractivity contribution is 7.71. The molecule has 2 atom stereocenters. The van der Waals surface area contributed by atoms with E-state index < -0.39 is 17.7 Å². The molecule has 2 heterocycles. The molecule has 0 aliphatic heterocycles. The fraction of sp³-hybridized carbons (Fsp3) is 0.778. The summed E-state index contributed by atoms with van der Waals surface area (Å²) in [5, 5.41) is 41.4. The molecule has 0 aliphatic rings. The van der Waals surface area contributed by atoms with Crippen LogP contribution in [0, 0.1) is 4.77 Å². The Balaban J connectivity index is 1.71. The van der Waals surface area contributed by atoms with E-state index in [1.165, 1.54) is 15.3 Å². The quantitative estimate of drug-likeness (QED) is 0.226. The summed E-state index contributed by atoms with van der Waals surface area (Å²) >= 11 is 5.50. The first-order valence-corrected chi connectivity index (χ1v) is 14.0. The van der Waals surface area contributed by atoms with E-state index in [1.54, 1.807) is 10.8 Å². The van der Waals surface area contributed by atoms with E-state index in [0.29, 0.717) is 50.0 Å². The number of hydrogen-bond acceptors (Lipinski definition) is 6. The Morgan fingerprint density at radius 1 is 0.757 bits per heavy atom. The Morgan fingerprint density at radius 2 is 1.16 bits per heavy atom. The third kappa shape index (κ3) is 7.97. The van der Waals surface area contributed by atoms with Crippen molar-refractivity contribution in [3.63, 3.8) is 0 Å². The third-order valence-electron chi connectivity index (χ3n) is 7.49. The minimum Gasteiger partial charge on any atom is -0.493 e. The lowest BCUT2D eigenvalue weighted by Gasteiger charge is -2.28. The molecule has 0 aromatic carbocycles. The molecule has 0 amide bonds. The summed E-state index contributed by atoms with van der Waals surface area (Å²) in [6.07, 6.45) is 8.46. The highest BCUT2D eigenvalue weighted by Crippen LogP contribution is 2.30. The van der Waals surface area contributed by atoms with Crippen molar-refractivity contribution in [1.29, 1.82) is 0 Å². The van der Waals surface area contributed by atoms with Crippen LogP contribution in [0.2, 0.25) is 0 Å². The standard InChI is InChI=1S/C27H48N4O5S/c1-7-28-18-22(34)30(24(28)36)26(3,4)16-10-14-20(32)12-9-13-21(33)15-11-17-27(5,6)31-23(35)19-29(8-2)25(31)37/h18-21,32-35H,7-17H2,1-6H3. The predicted molar refractivity (Wildman–Crippen MR) is 149 cm³/mol. The van der Waals surface area contributed by atoms with Crippen LogP contribution >= 0.6 is 12.2 Å². The van der Waals surface area contributed by atoms with Crippen molar-refractivity contribution in [2.24, 2.45) is 0 Å². The van der Waals surface area contributed by atoms with Crippen molar-refractivity contribution in [2.75, 3.05) is 0 Å². The van der Waals surface area contributed by atoms with E-state index in [4.69, 9.17) is 12.2 Å². The van der Waals surface area contributed by atoms with Crippen molar-refractivity contribution >= 4 is 12.2 Å². The molecule has 0 bridgehead atoms. The molecule has 0 aliphatic carbocycles. The first-order chi connectivity index (χ1) is 17.2. The van der Waals surface area contributed by atoms with Gasteiger partial charge in [0.15, 0.2) is 4.77 Å². The topological polar surface area (TPSA) is 118 Å². The number of nitrogens with zero attached hydrogens (tertiary/aromatic N) is 4. The summed E-state index contributed by atoms with van der Waals surface area (Å²) in [7, 11) is 0. The predicted octanol–water partition coefficient (Wildman–Crippen LogP) is 4.84. The first kappa shape index (κ1) is 31.2. The molecule has 2 aromatic rings. The van der Waals surface area contributed by atoms with E-state index in [2.05, 4.69) is 0 Å². The fourth-order valence-electron chi connectivity index (χ4n) is 5.19. The number of aliphatic hydroxyl groups is 2. The van der Waals surface area contributed by atoms with Gasteiger partial charge < -0.3 is 25.0 Å². The second kappa shape index (κ2) is 13.2. The average molecular weight is 541 g/mol. The van der Waals surface area contributed by atoms with Gasteiger partial charge in [0.05, 0.1) is 24.6 Å². The van der Waals surface area contributed by atoms with Gasteiger partial charge in [-0.2, -0.15) is 0 Å². The fourth-order valence-corrected chi connectivity index (χ4v) is 5.71. The lowest BCUT2D eigenvalue weighted by atomic mass is 9.93. The van der Waals surface area contributed by atoms with Crippen LogP contribution in [0.15, 0.2) is 17.2 Å². The second-order valence-electron chi connectivity index (χ2n) is 11.4. The van der Waals surface area contributed by atoms with Crippen molar-refractivity contribution < 1.29 is 20.4 Å². The monoisotopic (exact) mass is 540 g/mol. The molecule has 4 N–H and O–H groups in total. The Hall–Kier alpha value is -2.04. The zero-order valence-corrected chi connectivity index (χ0v) is 24.3. The molecule has 0 fully saturated rings. The Morgan fingerprint density at radius 3 is 1.59 bits per heavy atom. The van der Waals surface area contributed by atoms with E-state index in [1.807, 2.05) is 46.1 Å². The third-order valence-corrected chi connectivity index (χ3v) is 7.91. The van der Waals surface area contributed by atoms with Gasteiger partial charge in [0.25, 0.3) is 0 Å². The van der Waals surface area contributed by atoms with Crippen LogP contribution in [0.5, 0.6) is 11.8 Å². The van der Waals surface area contributed by atoms with Crippen molar-refractivity contribution in [3.05, 3.63) is 27.6 Å². The van der Waals surface area contributed by atoms with E-state index in [-0.39, 0.29) is 23.0 Å². The summed E-state index contributed by atoms with van der Waals surface area (Å²) in [5.74, 6) is 0.132. The van der Waals surface area contributed by atoms with E-state index in [9.17, 15) is 25.2 Å². The second-order valence-corrected chi connectivity index (χ2v) is 11.8. The van der Waals surface area contributed by atoms with Crippen LogP contribution in [0.1, 0.15) is 99.3 Å². The van der Waals surface area contributed by atoms with Gasteiger partial charge >= 0.3 is 5.69 Å². The number of imidazole rings is 2. The minimum absolute atomic E-state index is 0.0332. The van der Waals surface area contributed by atoms with Gasteiger partial charge in [-0.1, -0.05) is 0 Å². The van der Waals surface area contributed by atoms with E-state index in [0.717, 1.165) is 25.7 Å². The van der Waals surface area contributed by atoms with Crippen LogP contribution in [0.3, 0.4) is 0 Å². The maximum atomic E-state index is 12.5. The van der Waals surface area contributed by atoms with Gasteiger partial charge in [-0.3, -0.25) is 13.7 Å². The van der Waals surface area contributed by atoms with Crippen LogP contribution < -0.4 is 5.69 Å². The smallest absolute Gasteiger partial charge is 0.331 e. The highest BCUT2D eigenvalue weighted by Gasteiger charge is 2.27. The molecule has 2 aromatic heterocycles. The van der Waals surface area contributed by atoms with Gasteiger partial charge in [0.1, 0.15) is 0 Å². The molecule has 2 unspecified atom stereocenters. The van der Waals surface area contributed by atoms with Gasteiger partial charge in [-0.15, -0.1) is 0 Å². The Kier molecular flexibility index (Phi) is 11.1. The Labute approximate surface area is 226 Å². The molecule has 10 heteroatoms. The van der Waals surface area contributed by atoms with Crippen LogP contribution in [0.25, 0.3) is 0 Å². The molecule has 2 rings (SSSR count). The summed E-state index contributed by atoms with van der Waals surface area (Å²) in [5.41, 5.74) is -1.13. The lowest BCUT2D eigenvalue weighted by molar-refractivity contribution is 0.116. The molecule has 9 nitrogen and oxygen atoms in total. The lowest BCUT2D eigenvalue weighted by Crippen LogP contribution is -2.37. The maximum Gasteiger partial charge on any atom is 0.331 e. The normalized spacial score (nSPS) is 14.3. The molecule has 212 valence electrons. The zero-order valence-electron chi connectivity index (χ0n) is 23.5. The minimum atomic E-state index is -0.550. The summed E-state index contributed by atoms with van der Waals surface area (Å²) < 4.78 is 7.15. The molecule has 37 heavy (non-hydrogen) atoms. The average Bonchev–Trinajstić information content (AvgIpc) is 3.27. The molecular formula is C27H48N4O5S.